The number of ether oxygens (including phenoxy) is 1. The third-order valence-electron chi connectivity index (χ3n) is 23.8. The Morgan fingerprint density at radius 2 is 1.40 bits per heavy atom. The predicted octanol–water partition coefficient (Wildman–Crippen LogP) is 19.6. The van der Waals surface area contributed by atoms with Gasteiger partial charge in [0.1, 0.15) is 0 Å². The van der Waals surface area contributed by atoms with E-state index in [4.69, 9.17) is 4.74 Å². The van der Waals surface area contributed by atoms with Gasteiger partial charge in [0, 0.05) is 52.8 Å². The normalized spacial score (nSPS) is 37.9. The van der Waals surface area contributed by atoms with Gasteiger partial charge in [0.25, 0.3) is 0 Å². The van der Waals surface area contributed by atoms with Gasteiger partial charge in [-0.3, -0.25) is 4.90 Å². The lowest BCUT2D eigenvalue weighted by Crippen LogP contribution is -2.52. The first kappa shape index (κ1) is 54.7. The number of allylic oxidation sites excluding steroid dienone is 21. The molecule has 0 N–H and O–H groups in total. The van der Waals surface area contributed by atoms with Crippen molar-refractivity contribution in [3.63, 3.8) is 0 Å². The summed E-state index contributed by atoms with van der Waals surface area (Å²) in [6, 6.07) is 13.7. The number of hydrogen-bond donors (Lipinski definition) is 0. The van der Waals surface area contributed by atoms with Crippen molar-refractivity contribution in [1.29, 1.82) is 0 Å². The molecule has 0 aromatic heterocycles. The molecule has 3 heteroatoms. The molecule has 13 unspecified atom stereocenters. The lowest BCUT2D eigenvalue weighted by atomic mass is 9.54. The molecule has 1 fully saturated rings. The highest BCUT2D eigenvalue weighted by molar-refractivity contribution is 5.52. The van der Waals surface area contributed by atoms with E-state index in [9.17, 15) is 0 Å². The monoisotopic (exact) mass is 1090 g/mol. The zero-order valence-corrected chi connectivity index (χ0v) is 49.7. The fourth-order valence-corrected chi connectivity index (χ4v) is 19.7. The molecule has 0 bridgehead atoms. The minimum absolute atomic E-state index is 0.0901. The van der Waals surface area contributed by atoms with Crippen LogP contribution in [0.2, 0.25) is 0 Å². The van der Waals surface area contributed by atoms with Crippen molar-refractivity contribution >= 4 is 0 Å². The zero-order valence-electron chi connectivity index (χ0n) is 49.7. The van der Waals surface area contributed by atoms with Crippen LogP contribution in [-0.2, 0) is 4.74 Å². The molecule has 1 heterocycles. The van der Waals surface area contributed by atoms with Crippen molar-refractivity contribution in [2.45, 2.75) is 209 Å². The van der Waals surface area contributed by atoms with Gasteiger partial charge in [-0.1, -0.05) is 181 Å². The van der Waals surface area contributed by atoms with Crippen LogP contribution in [-0.4, -0.2) is 46.2 Å². The number of rotatable bonds is 14. The highest BCUT2D eigenvalue weighted by Gasteiger charge is 2.59. The Hall–Kier alpha value is -5.22. The maximum atomic E-state index is 6.92. The maximum absolute atomic E-state index is 6.92. The lowest BCUT2D eigenvalue weighted by Gasteiger charge is -2.52. The first-order valence-electron chi connectivity index (χ1n) is 33.6. The fourth-order valence-electron chi connectivity index (χ4n) is 19.7. The summed E-state index contributed by atoms with van der Waals surface area (Å²) in [4.78, 5) is 6.13. The smallest absolute Gasteiger partial charge is 0.0797 e. The lowest BCUT2D eigenvalue weighted by molar-refractivity contribution is 0.00840. The van der Waals surface area contributed by atoms with E-state index >= 15 is 0 Å². The molecule has 0 amide bonds. The maximum Gasteiger partial charge on any atom is 0.0797 e. The van der Waals surface area contributed by atoms with Crippen molar-refractivity contribution in [3.8, 4) is 0 Å². The standard InChI is InChI=1S/C79H96N2O/c1-4-54-21-27-59(28-22-54)61-33-49-77-73(51-61)74-52-62(34-50-78(74)81(77)67-37-23-55(5-2)24-38-67)60-31-41-66(42-32-60)80(65-39-29-58(30-40-65)57-15-9-7-10-16-57)68-43-48-72-71-19-13-14-20-75(71)79(76(72)53-68,63-17-11-8-12-18-63)64-35-46-70(47-36-64)82-69-44-25-56(6-3)26-45-69/h4-11,13,15-16,19,21,23,25,27-28,31-32,35-36,41,46,49,54,58,61-63,65-71,73,75H,1-3,12,14,17-18,20,22,24,26,29-30,33-34,37-40,42-45,47-48,50-53H2. The van der Waals surface area contributed by atoms with Gasteiger partial charge in [0.15, 0.2) is 0 Å². The van der Waals surface area contributed by atoms with E-state index in [1.54, 1.807) is 39.2 Å². The van der Waals surface area contributed by atoms with Gasteiger partial charge in [-0.15, -0.1) is 6.58 Å². The Bertz CT molecular complexity index is 3030. The van der Waals surface area contributed by atoms with E-state index in [2.05, 4.69) is 169 Å². The summed E-state index contributed by atoms with van der Waals surface area (Å²) >= 11 is 0. The van der Waals surface area contributed by atoms with Crippen molar-refractivity contribution in [3.05, 3.63) is 227 Å². The van der Waals surface area contributed by atoms with E-state index in [-0.39, 0.29) is 11.5 Å². The average molecular weight is 1090 g/mol. The van der Waals surface area contributed by atoms with Crippen LogP contribution < -0.4 is 0 Å². The number of benzene rings is 1. The minimum atomic E-state index is 0.0901. The van der Waals surface area contributed by atoms with E-state index in [0.717, 1.165) is 51.4 Å². The van der Waals surface area contributed by atoms with E-state index in [1.165, 1.54) is 127 Å². The fraction of sp³-hybridized carbons (Fsp3) is 0.519. The van der Waals surface area contributed by atoms with Crippen molar-refractivity contribution in [1.82, 2.24) is 9.80 Å². The van der Waals surface area contributed by atoms with Crippen molar-refractivity contribution < 1.29 is 4.74 Å². The van der Waals surface area contributed by atoms with Gasteiger partial charge in [-0.25, -0.2) is 0 Å². The van der Waals surface area contributed by atoms with Gasteiger partial charge >= 0.3 is 0 Å². The van der Waals surface area contributed by atoms with Gasteiger partial charge in [-0.2, -0.15) is 0 Å². The molecule has 13 aliphatic rings. The Morgan fingerprint density at radius 3 is 2.12 bits per heavy atom. The summed E-state index contributed by atoms with van der Waals surface area (Å²) in [7, 11) is 0. The molecular weight excluding hydrogens is 993 g/mol. The molecule has 14 rings (SSSR count). The average Bonchev–Trinajstić information content (AvgIpc) is 2.02. The molecule has 0 radical (unpaired) electrons. The van der Waals surface area contributed by atoms with Crippen LogP contribution in [0.3, 0.4) is 0 Å². The number of fused-ring (bicyclic) bond motifs is 4. The molecule has 428 valence electrons. The van der Waals surface area contributed by atoms with Crippen LogP contribution >= 0.6 is 0 Å². The molecule has 3 nitrogen and oxygen atoms in total. The Balaban J connectivity index is 0.748. The van der Waals surface area contributed by atoms with Crippen LogP contribution in [0.15, 0.2) is 221 Å². The van der Waals surface area contributed by atoms with Gasteiger partial charge in [0.2, 0.25) is 0 Å². The summed E-state index contributed by atoms with van der Waals surface area (Å²) in [5.74, 6) is 4.79. The second-order valence-corrected chi connectivity index (χ2v) is 27.7. The van der Waals surface area contributed by atoms with E-state index < -0.39 is 0 Å². The predicted molar refractivity (Wildman–Crippen MR) is 342 cm³/mol. The molecule has 1 saturated carbocycles. The molecule has 82 heavy (non-hydrogen) atoms. The van der Waals surface area contributed by atoms with Crippen molar-refractivity contribution in [2.75, 3.05) is 0 Å². The topological polar surface area (TPSA) is 15.7 Å². The molecule has 12 aliphatic carbocycles. The highest BCUT2D eigenvalue weighted by atomic mass is 16.5. The van der Waals surface area contributed by atoms with Crippen molar-refractivity contribution in [2.24, 2.45) is 46.8 Å². The summed E-state index contributed by atoms with van der Waals surface area (Å²) in [5.41, 5.74) is 18.3. The minimum Gasteiger partial charge on any atom is -0.370 e. The summed E-state index contributed by atoms with van der Waals surface area (Å²) < 4.78 is 6.92. The third kappa shape index (κ3) is 10.3. The Kier molecular flexibility index (Phi) is 16.0. The first-order chi connectivity index (χ1) is 40.5. The highest BCUT2D eigenvalue weighted by Crippen LogP contribution is 2.68. The second kappa shape index (κ2) is 24.0. The van der Waals surface area contributed by atoms with Crippen LogP contribution in [0.4, 0.5) is 0 Å². The zero-order chi connectivity index (χ0) is 55.2. The molecular formula is C79H96N2O. The molecule has 13 atom stereocenters. The first-order valence-corrected chi connectivity index (χ1v) is 33.6. The molecule has 1 aromatic carbocycles. The number of nitrogens with zero attached hydrogens (tertiary/aromatic N) is 2. The SMILES string of the molecule is C=CC1=CCC(OC2C=CC(C3(C4CC=CCC4)C4=C(CCC(N(C5C=CC(C6CCC7=C(C6)C6CC(C8=CCC(C=C)C=C8)CC=C6N7C6CC=C(C=C)CC6)=CC5)C5CCC(c6ccccc6)CC5)C4)C4C=CCCC43)=CC2)CC1. The summed E-state index contributed by atoms with van der Waals surface area (Å²) in [5, 5.41) is 0. The quantitative estimate of drug-likeness (QED) is 0.173. The van der Waals surface area contributed by atoms with Gasteiger partial charge in [-0.05, 0) is 230 Å². The van der Waals surface area contributed by atoms with Crippen LogP contribution in [0.5, 0.6) is 0 Å². The third-order valence-corrected chi connectivity index (χ3v) is 23.8. The van der Waals surface area contributed by atoms with Gasteiger partial charge in [0.05, 0.1) is 12.2 Å². The Morgan fingerprint density at radius 1 is 0.585 bits per heavy atom. The van der Waals surface area contributed by atoms with Crippen LogP contribution in [0.25, 0.3) is 0 Å². The molecule has 1 aromatic rings. The number of hydrogen-bond acceptors (Lipinski definition) is 3. The summed E-state index contributed by atoms with van der Waals surface area (Å²) in [6.45, 7) is 12.3. The van der Waals surface area contributed by atoms with Gasteiger partial charge < -0.3 is 9.64 Å². The largest absolute Gasteiger partial charge is 0.370 e. The van der Waals surface area contributed by atoms with E-state index in [1.807, 2.05) is 17.2 Å². The van der Waals surface area contributed by atoms with Crippen LogP contribution in [0, 0.1) is 46.8 Å². The molecule has 0 spiro atoms. The second-order valence-electron chi connectivity index (χ2n) is 27.7. The summed E-state index contributed by atoms with van der Waals surface area (Å²) in [6.07, 6.45) is 79.6. The van der Waals surface area contributed by atoms with Crippen LogP contribution in [0.1, 0.15) is 178 Å². The molecule has 0 saturated heterocycles. The van der Waals surface area contributed by atoms with E-state index in [0.29, 0.717) is 77.6 Å². The Labute approximate surface area is 495 Å². The molecule has 1 aliphatic heterocycles.